The van der Waals surface area contributed by atoms with Gasteiger partial charge in [-0.05, 0) is 48.9 Å². The molecular formula is C26H23N3O4. The number of nitrogens with one attached hydrogen (secondary N) is 1. The summed E-state index contributed by atoms with van der Waals surface area (Å²) in [4.78, 5) is 21.3. The first-order valence-electron chi connectivity index (χ1n) is 10.5. The van der Waals surface area contributed by atoms with E-state index in [1.54, 1.807) is 42.7 Å². The molecule has 0 bridgehead atoms. The van der Waals surface area contributed by atoms with E-state index in [2.05, 4.69) is 15.3 Å². The molecule has 0 unspecified atom stereocenters. The zero-order valence-electron chi connectivity index (χ0n) is 18.1. The lowest BCUT2D eigenvalue weighted by Crippen LogP contribution is -2.23. The molecule has 0 saturated heterocycles. The molecule has 0 aliphatic carbocycles. The number of amides is 1. The highest BCUT2D eigenvalue weighted by atomic mass is 16.5. The third-order valence-electron chi connectivity index (χ3n) is 4.59. The fourth-order valence-electron chi connectivity index (χ4n) is 3.02. The normalized spacial score (nSPS) is 10.3. The van der Waals surface area contributed by atoms with Gasteiger partial charge in [0.15, 0.2) is 11.5 Å². The van der Waals surface area contributed by atoms with Crippen LogP contribution in [0.2, 0.25) is 0 Å². The van der Waals surface area contributed by atoms with E-state index < -0.39 is 0 Å². The molecule has 0 aliphatic rings. The Morgan fingerprint density at radius 2 is 1.64 bits per heavy atom. The maximum atomic E-state index is 12.7. The average molecular weight is 441 g/mol. The van der Waals surface area contributed by atoms with Crippen molar-refractivity contribution in [1.29, 1.82) is 0 Å². The molecule has 0 spiro atoms. The predicted molar refractivity (Wildman–Crippen MR) is 124 cm³/mol. The predicted octanol–water partition coefficient (Wildman–Crippen LogP) is 5.39. The number of carbonyl (C=O) groups is 1. The number of hydrogen-bond acceptors (Lipinski definition) is 6. The Hall–Kier alpha value is -4.39. The molecular weight excluding hydrogens is 418 g/mol. The van der Waals surface area contributed by atoms with Crippen LogP contribution in [0.4, 0.5) is 0 Å². The van der Waals surface area contributed by atoms with E-state index in [1.165, 1.54) is 0 Å². The van der Waals surface area contributed by atoms with E-state index in [1.807, 2.05) is 55.5 Å². The largest absolute Gasteiger partial charge is 0.490 e. The number of hydrogen-bond donors (Lipinski definition) is 1. The second-order valence-corrected chi connectivity index (χ2v) is 6.94. The second-order valence-electron chi connectivity index (χ2n) is 6.94. The summed E-state index contributed by atoms with van der Waals surface area (Å²) in [5, 5.41) is 2.88. The van der Waals surface area contributed by atoms with Crippen molar-refractivity contribution in [2.45, 2.75) is 13.5 Å². The monoisotopic (exact) mass is 441 g/mol. The van der Waals surface area contributed by atoms with Crippen LogP contribution in [0.5, 0.6) is 29.0 Å². The molecule has 166 valence electrons. The van der Waals surface area contributed by atoms with Gasteiger partial charge in [0, 0.05) is 25.0 Å². The van der Waals surface area contributed by atoms with Crippen molar-refractivity contribution in [3.8, 4) is 29.0 Å². The summed E-state index contributed by atoms with van der Waals surface area (Å²) >= 11 is 0. The Morgan fingerprint density at radius 3 is 2.39 bits per heavy atom. The van der Waals surface area contributed by atoms with Crippen LogP contribution in [0.3, 0.4) is 0 Å². The zero-order chi connectivity index (χ0) is 22.9. The zero-order valence-corrected chi connectivity index (χ0v) is 18.1. The molecule has 2 aromatic carbocycles. The molecule has 0 saturated carbocycles. The van der Waals surface area contributed by atoms with Crippen LogP contribution < -0.4 is 19.5 Å². The molecule has 2 aromatic heterocycles. The number of aromatic nitrogens is 2. The highest BCUT2D eigenvalue weighted by Gasteiger charge is 2.14. The first kappa shape index (κ1) is 21.8. The Labute approximate surface area is 192 Å². The lowest BCUT2D eigenvalue weighted by atomic mass is 10.2. The molecule has 7 nitrogen and oxygen atoms in total. The minimum absolute atomic E-state index is 0.246. The molecule has 0 radical (unpaired) electrons. The molecule has 1 N–H and O–H groups in total. The summed E-state index contributed by atoms with van der Waals surface area (Å²) in [5.41, 5.74) is 1.17. The molecule has 4 rings (SSSR count). The molecule has 0 aliphatic heterocycles. The van der Waals surface area contributed by atoms with E-state index in [9.17, 15) is 4.79 Å². The lowest BCUT2D eigenvalue weighted by molar-refractivity contribution is 0.0948. The Morgan fingerprint density at radius 1 is 0.848 bits per heavy atom. The molecule has 0 fully saturated rings. The molecule has 4 aromatic rings. The third-order valence-corrected chi connectivity index (χ3v) is 4.59. The van der Waals surface area contributed by atoms with E-state index in [4.69, 9.17) is 14.2 Å². The van der Waals surface area contributed by atoms with Crippen molar-refractivity contribution in [3.05, 3.63) is 102 Å². The SMILES string of the molecule is CCOc1ccccc1Oc1ccc(CNC(=O)c2cccnc2Oc2ccccc2)cn1. The second kappa shape index (κ2) is 10.8. The van der Waals surface area contributed by atoms with Crippen LogP contribution in [-0.2, 0) is 6.54 Å². The number of pyridine rings is 2. The summed E-state index contributed by atoms with van der Waals surface area (Å²) in [6.07, 6.45) is 3.24. The van der Waals surface area contributed by atoms with Crippen LogP contribution in [-0.4, -0.2) is 22.5 Å². The van der Waals surface area contributed by atoms with Crippen molar-refractivity contribution >= 4 is 5.91 Å². The van der Waals surface area contributed by atoms with Crippen molar-refractivity contribution < 1.29 is 19.0 Å². The van der Waals surface area contributed by atoms with E-state index in [0.29, 0.717) is 41.8 Å². The smallest absolute Gasteiger partial charge is 0.257 e. The topological polar surface area (TPSA) is 82.6 Å². The van der Waals surface area contributed by atoms with Crippen LogP contribution in [0.25, 0.3) is 0 Å². The summed E-state index contributed by atoms with van der Waals surface area (Å²) in [5.74, 6) is 2.24. The van der Waals surface area contributed by atoms with Gasteiger partial charge in [-0.1, -0.05) is 36.4 Å². The van der Waals surface area contributed by atoms with Gasteiger partial charge in [0.05, 0.1) is 6.61 Å². The van der Waals surface area contributed by atoms with Crippen molar-refractivity contribution in [2.75, 3.05) is 6.61 Å². The van der Waals surface area contributed by atoms with Gasteiger partial charge in [-0.25, -0.2) is 9.97 Å². The van der Waals surface area contributed by atoms with Gasteiger partial charge in [0.1, 0.15) is 11.3 Å². The molecule has 0 atom stereocenters. The van der Waals surface area contributed by atoms with E-state index >= 15 is 0 Å². The van der Waals surface area contributed by atoms with Crippen LogP contribution in [0.15, 0.2) is 91.3 Å². The van der Waals surface area contributed by atoms with Crippen molar-refractivity contribution in [2.24, 2.45) is 0 Å². The fourth-order valence-corrected chi connectivity index (χ4v) is 3.02. The van der Waals surface area contributed by atoms with Gasteiger partial charge in [-0.2, -0.15) is 0 Å². The number of nitrogens with zero attached hydrogens (tertiary/aromatic N) is 2. The Balaban J connectivity index is 1.38. The maximum absolute atomic E-state index is 12.7. The van der Waals surface area contributed by atoms with Gasteiger partial charge in [-0.15, -0.1) is 0 Å². The number of para-hydroxylation sites is 3. The summed E-state index contributed by atoms with van der Waals surface area (Å²) < 4.78 is 17.2. The van der Waals surface area contributed by atoms with E-state index in [0.717, 1.165) is 5.56 Å². The van der Waals surface area contributed by atoms with Crippen molar-refractivity contribution in [3.63, 3.8) is 0 Å². The van der Waals surface area contributed by atoms with Gasteiger partial charge in [-0.3, -0.25) is 4.79 Å². The average Bonchev–Trinajstić information content (AvgIpc) is 2.86. The van der Waals surface area contributed by atoms with E-state index in [-0.39, 0.29) is 11.8 Å². The number of rotatable bonds is 9. The van der Waals surface area contributed by atoms with Crippen molar-refractivity contribution in [1.82, 2.24) is 15.3 Å². The lowest BCUT2D eigenvalue weighted by Gasteiger charge is -2.11. The molecule has 33 heavy (non-hydrogen) atoms. The summed E-state index contributed by atoms with van der Waals surface area (Å²) in [6, 6.07) is 23.6. The number of benzene rings is 2. The van der Waals surface area contributed by atoms with Crippen LogP contribution in [0.1, 0.15) is 22.8 Å². The molecule has 7 heteroatoms. The first-order chi connectivity index (χ1) is 16.2. The van der Waals surface area contributed by atoms with Gasteiger partial charge in [0.2, 0.25) is 11.8 Å². The van der Waals surface area contributed by atoms with Gasteiger partial charge >= 0.3 is 0 Å². The highest BCUT2D eigenvalue weighted by molar-refractivity contribution is 5.96. The van der Waals surface area contributed by atoms with Gasteiger partial charge in [0.25, 0.3) is 5.91 Å². The summed E-state index contributed by atoms with van der Waals surface area (Å²) in [6.45, 7) is 2.75. The highest BCUT2D eigenvalue weighted by Crippen LogP contribution is 2.30. The third kappa shape index (κ3) is 5.86. The maximum Gasteiger partial charge on any atom is 0.257 e. The summed E-state index contributed by atoms with van der Waals surface area (Å²) in [7, 11) is 0. The Kier molecular flexibility index (Phi) is 7.12. The number of ether oxygens (including phenoxy) is 3. The molecule has 1 amide bonds. The minimum Gasteiger partial charge on any atom is -0.490 e. The van der Waals surface area contributed by atoms with Crippen LogP contribution in [0, 0.1) is 0 Å². The quantitative estimate of drug-likeness (QED) is 0.375. The number of carbonyl (C=O) groups excluding carboxylic acids is 1. The van der Waals surface area contributed by atoms with Gasteiger partial charge < -0.3 is 19.5 Å². The van der Waals surface area contributed by atoms with Crippen LogP contribution >= 0.6 is 0 Å². The Bertz CT molecular complexity index is 1200. The standard InChI is InChI=1S/C26H23N3O4/c1-2-31-22-12-6-7-13-23(22)33-24-15-14-19(17-28-24)18-29-25(30)21-11-8-16-27-26(21)32-20-9-4-3-5-10-20/h3-17H,2,18H2,1H3,(H,29,30). The molecule has 2 heterocycles. The minimum atomic E-state index is -0.292. The fraction of sp³-hybridized carbons (Fsp3) is 0.115. The first-order valence-corrected chi connectivity index (χ1v) is 10.5.